The zero-order valence-corrected chi connectivity index (χ0v) is 13.7. The van der Waals surface area contributed by atoms with E-state index in [0.717, 1.165) is 26.1 Å². The van der Waals surface area contributed by atoms with Gasteiger partial charge in [-0.1, -0.05) is 13.8 Å². The number of nitrogens with zero attached hydrogens (tertiary/aromatic N) is 3. The molecule has 0 spiro atoms. The average Bonchev–Trinajstić information content (AvgIpc) is 2.45. The van der Waals surface area contributed by atoms with E-state index in [-0.39, 0.29) is 11.6 Å². The lowest BCUT2D eigenvalue weighted by Gasteiger charge is -2.33. The molecule has 0 bridgehead atoms. The molecule has 0 amide bonds. The van der Waals surface area contributed by atoms with Crippen molar-refractivity contribution in [1.82, 2.24) is 14.9 Å². The number of anilines is 1. The van der Waals surface area contributed by atoms with Crippen LogP contribution < -0.4 is 15.8 Å². The van der Waals surface area contributed by atoms with E-state index >= 15 is 0 Å². The fourth-order valence-corrected chi connectivity index (χ4v) is 2.86. The van der Waals surface area contributed by atoms with Gasteiger partial charge in [0.05, 0.1) is 0 Å². The maximum Gasteiger partial charge on any atom is 0.293 e. The number of aromatic nitrogens is 2. The van der Waals surface area contributed by atoms with Crippen LogP contribution in [0, 0.1) is 5.92 Å². The third-order valence-electron chi connectivity index (χ3n) is 4.04. The molecule has 0 aromatic carbocycles. The summed E-state index contributed by atoms with van der Waals surface area (Å²) in [6.45, 7) is 11.3. The molecule has 5 nitrogen and oxygen atoms in total. The molecule has 0 aliphatic carbocycles. The number of hydrogen-bond donors (Lipinski definition) is 1. The van der Waals surface area contributed by atoms with E-state index in [1.165, 1.54) is 6.42 Å². The quantitative estimate of drug-likeness (QED) is 0.902. The Morgan fingerprint density at radius 2 is 2.14 bits per heavy atom. The summed E-state index contributed by atoms with van der Waals surface area (Å²) in [5, 5.41) is 3.50. The van der Waals surface area contributed by atoms with Crippen LogP contribution in [0.2, 0.25) is 0 Å². The summed E-state index contributed by atoms with van der Waals surface area (Å²) in [5.74, 6) is 1.20. The van der Waals surface area contributed by atoms with Crippen LogP contribution in [0.15, 0.2) is 17.2 Å². The summed E-state index contributed by atoms with van der Waals surface area (Å²) >= 11 is 0. The van der Waals surface area contributed by atoms with Crippen molar-refractivity contribution < 1.29 is 0 Å². The maximum absolute atomic E-state index is 12.5. The molecule has 5 heteroatoms. The summed E-state index contributed by atoms with van der Waals surface area (Å²) in [6, 6.07) is 0.677. The minimum atomic E-state index is 0.0324. The van der Waals surface area contributed by atoms with E-state index in [2.05, 4.69) is 29.0 Å². The van der Waals surface area contributed by atoms with Crippen LogP contribution in [0.3, 0.4) is 0 Å². The van der Waals surface area contributed by atoms with E-state index in [1.807, 2.05) is 13.8 Å². The van der Waals surface area contributed by atoms with Gasteiger partial charge < -0.3 is 14.8 Å². The topological polar surface area (TPSA) is 50.2 Å². The first-order valence-electron chi connectivity index (χ1n) is 8.04. The summed E-state index contributed by atoms with van der Waals surface area (Å²) in [5.41, 5.74) is 0.0324. The molecule has 2 rings (SSSR count). The highest BCUT2D eigenvalue weighted by Crippen LogP contribution is 2.19. The van der Waals surface area contributed by atoms with Crippen molar-refractivity contribution in [2.75, 3.05) is 24.5 Å². The minimum Gasteiger partial charge on any atom is -0.352 e. The summed E-state index contributed by atoms with van der Waals surface area (Å²) in [6.07, 6.45) is 5.87. The molecule has 1 aliphatic rings. The van der Waals surface area contributed by atoms with Crippen LogP contribution in [0.5, 0.6) is 0 Å². The largest absolute Gasteiger partial charge is 0.352 e. The monoisotopic (exact) mass is 292 g/mol. The fourth-order valence-electron chi connectivity index (χ4n) is 2.86. The molecule has 0 saturated carbocycles. The highest BCUT2D eigenvalue weighted by molar-refractivity contribution is 5.36. The van der Waals surface area contributed by atoms with Gasteiger partial charge in [-0.25, -0.2) is 4.98 Å². The highest BCUT2D eigenvalue weighted by atomic mass is 16.1. The van der Waals surface area contributed by atoms with Gasteiger partial charge in [-0.3, -0.25) is 4.79 Å². The second kappa shape index (κ2) is 7.07. The SMILES string of the molecule is CC(C)NCC1CCCN(c2nccn(C(C)C)c2=O)C1. The van der Waals surface area contributed by atoms with Crippen LogP contribution in [0.4, 0.5) is 5.82 Å². The Morgan fingerprint density at radius 1 is 1.38 bits per heavy atom. The third kappa shape index (κ3) is 4.06. The Kier molecular flexibility index (Phi) is 5.39. The number of hydrogen-bond acceptors (Lipinski definition) is 4. The first-order chi connectivity index (χ1) is 9.99. The Hall–Kier alpha value is -1.36. The van der Waals surface area contributed by atoms with Crippen molar-refractivity contribution in [2.24, 2.45) is 5.92 Å². The normalized spacial score (nSPS) is 19.5. The van der Waals surface area contributed by atoms with Crippen molar-refractivity contribution in [2.45, 2.75) is 52.6 Å². The number of nitrogens with one attached hydrogen (secondary N) is 1. The van der Waals surface area contributed by atoms with Crippen molar-refractivity contribution >= 4 is 5.82 Å². The van der Waals surface area contributed by atoms with Crippen molar-refractivity contribution in [3.8, 4) is 0 Å². The third-order valence-corrected chi connectivity index (χ3v) is 4.04. The first-order valence-corrected chi connectivity index (χ1v) is 8.04. The van der Waals surface area contributed by atoms with Gasteiger partial charge in [-0.2, -0.15) is 0 Å². The molecule has 2 heterocycles. The fraction of sp³-hybridized carbons (Fsp3) is 0.750. The molecule has 1 fully saturated rings. The van der Waals surface area contributed by atoms with E-state index in [4.69, 9.17) is 0 Å². The second-order valence-electron chi connectivity index (χ2n) is 6.57. The van der Waals surface area contributed by atoms with Gasteiger partial charge in [0.1, 0.15) is 0 Å². The number of piperidine rings is 1. The molecule has 1 unspecified atom stereocenters. The lowest BCUT2D eigenvalue weighted by atomic mass is 9.98. The molecule has 1 aliphatic heterocycles. The lowest BCUT2D eigenvalue weighted by Crippen LogP contribution is -2.44. The molecule has 21 heavy (non-hydrogen) atoms. The number of rotatable bonds is 5. The Morgan fingerprint density at radius 3 is 2.81 bits per heavy atom. The van der Waals surface area contributed by atoms with E-state index in [1.54, 1.807) is 17.0 Å². The maximum atomic E-state index is 12.5. The van der Waals surface area contributed by atoms with E-state index in [0.29, 0.717) is 17.8 Å². The van der Waals surface area contributed by atoms with Crippen LogP contribution in [0.25, 0.3) is 0 Å². The van der Waals surface area contributed by atoms with Crippen LogP contribution in [0.1, 0.15) is 46.6 Å². The van der Waals surface area contributed by atoms with Crippen molar-refractivity contribution in [3.05, 3.63) is 22.7 Å². The van der Waals surface area contributed by atoms with Gasteiger partial charge in [-0.05, 0) is 39.2 Å². The van der Waals surface area contributed by atoms with E-state index < -0.39 is 0 Å². The molecule has 1 aromatic rings. The molecule has 1 atom stereocenters. The second-order valence-corrected chi connectivity index (χ2v) is 6.57. The van der Waals surface area contributed by atoms with Crippen molar-refractivity contribution in [3.63, 3.8) is 0 Å². The zero-order chi connectivity index (χ0) is 15.4. The van der Waals surface area contributed by atoms with Crippen LogP contribution in [-0.2, 0) is 0 Å². The average molecular weight is 292 g/mol. The summed E-state index contributed by atoms with van der Waals surface area (Å²) in [7, 11) is 0. The van der Waals surface area contributed by atoms with Crippen molar-refractivity contribution in [1.29, 1.82) is 0 Å². The molecule has 118 valence electrons. The highest BCUT2D eigenvalue weighted by Gasteiger charge is 2.23. The van der Waals surface area contributed by atoms with Gasteiger partial charge in [0.2, 0.25) is 0 Å². The first kappa shape index (κ1) is 16.0. The standard InChI is InChI=1S/C16H28N4O/c1-12(2)18-10-14-6-5-8-19(11-14)15-16(21)20(13(3)4)9-7-17-15/h7,9,12-14,18H,5-6,8,10-11H2,1-4H3. The molecule has 1 aromatic heterocycles. The molecular formula is C16H28N4O. The summed E-state index contributed by atoms with van der Waals surface area (Å²) < 4.78 is 1.76. The van der Waals surface area contributed by atoms with E-state index in [9.17, 15) is 4.79 Å². The Labute approximate surface area is 127 Å². The molecule has 1 saturated heterocycles. The van der Waals surface area contributed by atoms with Gasteiger partial charge in [0.25, 0.3) is 5.56 Å². The lowest BCUT2D eigenvalue weighted by molar-refractivity contribution is 0.377. The molecular weight excluding hydrogens is 264 g/mol. The zero-order valence-electron chi connectivity index (χ0n) is 13.7. The van der Waals surface area contributed by atoms with Gasteiger partial charge in [-0.15, -0.1) is 0 Å². The predicted molar refractivity (Wildman–Crippen MR) is 87.0 cm³/mol. The Balaban J connectivity index is 2.11. The van der Waals surface area contributed by atoms with Crippen LogP contribution in [-0.4, -0.2) is 35.2 Å². The minimum absolute atomic E-state index is 0.0324. The smallest absolute Gasteiger partial charge is 0.293 e. The van der Waals surface area contributed by atoms with Gasteiger partial charge >= 0.3 is 0 Å². The molecule has 1 N–H and O–H groups in total. The Bertz CT molecular complexity index is 509. The predicted octanol–water partition coefficient (Wildman–Crippen LogP) is 2.04. The van der Waals surface area contributed by atoms with Gasteiger partial charge in [0.15, 0.2) is 5.82 Å². The van der Waals surface area contributed by atoms with Crippen LogP contribution >= 0.6 is 0 Å². The molecule has 0 radical (unpaired) electrons. The summed E-state index contributed by atoms with van der Waals surface area (Å²) in [4.78, 5) is 19.0. The van der Waals surface area contributed by atoms with Gasteiger partial charge in [0, 0.05) is 37.6 Å².